The minimum atomic E-state index is 0.782. The van der Waals surface area contributed by atoms with Crippen molar-refractivity contribution in [1.82, 2.24) is 0 Å². The van der Waals surface area contributed by atoms with E-state index < -0.39 is 0 Å². The topological polar surface area (TPSA) is 104 Å². The molecule has 4 nitrogen and oxygen atoms in total. The predicted molar refractivity (Wildman–Crippen MR) is 135 cm³/mol. The molecule has 31 heavy (non-hydrogen) atoms. The van der Waals surface area contributed by atoms with Gasteiger partial charge >= 0.3 is 0 Å². The third-order valence-corrected chi connectivity index (χ3v) is 4.71. The first-order chi connectivity index (χ1) is 15.0. The molecule has 0 amide bonds. The van der Waals surface area contributed by atoms with Gasteiger partial charge in [-0.25, -0.2) is 0 Å². The van der Waals surface area contributed by atoms with E-state index in [9.17, 15) is 0 Å². The van der Waals surface area contributed by atoms with Gasteiger partial charge in [-0.15, -0.1) is 0 Å². The molecule has 8 N–H and O–H groups in total. The molecule has 0 aliphatic carbocycles. The quantitative estimate of drug-likeness (QED) is 0.266. The van der Waals surface area contributed by atoms with Crippen LogP contribution in [0, 0.1) is 0 Å². The molecule has 0 aliphatic rings. The van der Waals surface area contributed by atoms with Gasteiger partial charge in [0.2, 0.25) is 0 Å². The van der Waals surface area contributed by atoms with Crippen LogP contribution in [-0.4, -0.2) is 0 Å². The van der Waals surface area contributed by atoms with E-state index in [0.29, 0.717) is 0 Å². The van der Waals surface area contributed by atoms with Gasteiger partial charge < -0.3 is 22.9 Å². The maximum Gasteiger partial charge on any atom is 0.0314 e. The minimum absolute atomic E-state index is 0.782. The van der Waals surface area contributed by atoms with E-state index in [2.05, 4.69) is 0 Å². The molecule has 0 heterocycles. The number of anilines is 4. The van der Waals surface area contributed by atoms with Gasteiger partial charge in [-0.1, -0.05) is 60.7 Å². The molecule has 0 saturated carbocycles. The largest absolute Gasteiger partial charge is 0.399 e. The summed E-state index contributed by atoms with van der Waals surface area (Å²) in [5.74, 6) is 0. The third-order valence-electron chi connectivity index (χ3n) is 4.71. The number of hydrogen-bond acceptors (Lipinski definition) is 4. The van der Waals surface area contributed by atoms with Crippen LogP contribution in [0.25, 0.3) is 12.2 Å². The molecule has 156 valence electrons. The third kappa shape index (κ3) is 7.29. The molecule has 0 aromatic heterocycles. The summed E-state index contributed by atoms with van der Waals surface area (Å²) in [5.41, 5.74) is 30.4. The molecule has 4 aromatic rings. The van der Waals surface area contributed by atoms with E-state index in [-0.39, 0.29) is 0 Å². The lowest BCUT2D eigenvalue weighted by Crippen LogP contribution is -1.90. The molecule has 0 bridgehead atoms. The van der Waals surface area contributed by atoms with E-state index in [4.69, 9.17) is 22.9 Å². The van der Waals surface area contributed by atoms with Crippen LogP contribution < -0.4 is 22.9 Å². The second kappa shape index (κ2) is 10.6. The molecule has 0 radical (unpaired) electrons. The molecule has 0 aliphatic heterocycles. The molecular formula is C27H28N4. The van der Waals surface area contributed by atoms with Crippen LogP contribution in [0.1, 0.15) is 22.3 Å². The Morgan fingerprint density at radius 2 is 0.645 bits per heavy atom. The van der Waals surface area contributed by atoms with Gasteiger partial charge in [-0.3, -0.25) is 0 Å². The molecule has 4 heteroatoms. The second-order valence-electron chi connectivity index (χ2n) is 7.33. The van der Waals surface area contributed by atoms with Crippen LogP contribution in [0.15, 0.2) is 97.1 Å². The first-order valence-corrected chi connectivity index (χ1v) is 10.1. The summed E-state index contributed by atoms with van der Waals surface area (Å²) in [6, 6.07) is 31.4. The maximum absolute atomic E-state index is 5.62. The van der Waals surface area contributed by atoms with Crippen LogP contribution in [-0.2, 0) is 6.42 Å². The zero-order valence-electron chi connectivity index (χ0n) is 17.4. The van der Waals surface area contributed by atoms with Crippen molar-refractivity contribution in [3.8, 4) is 0 Å². The van der Waals surface area contributed by atoms with Gasteiger partial charge in [0.05, 0.1) is 0 Å². The summed E-state index contributed by atoms with van der Waals surface area (Å²) in [7, 11) is 0. The van der Waals surface area contributed by atoms with E-state index >= 15 is 0 Å². The fraction of sp³-hybridized carbons (Fsp3) is 0.0370. The van der Waals surface area contributed by atoms with Crippen molar-refractivity contribution in [2.24, 2.45) is 0 Å². The predicted octanol–water partition coefficient (Wildman–Crippen LogP) is 5.46. The van der Waals surface area contributed by atoms with Gasteiger partial charge in [0.25, 0.3) is 0 Å². The highest BCUT2D eigenvalue weighted by Gasteiger charge is 1.96. The average Bonchev–Trinajstić information content (AvgIpc) is 2.78. The summed E-state index contributed by atoms with van der Waals surface area (Å²) in [4.78, 5) is 0. The highest BCUT2D eigenvalue weighted by molar-refractivity contribution is 5.70. The Hall–Kier alpha value is -4.18. The minimum Gasteiger partial charge on any atom is -0.399 e. The first kappa shape index (κ1) is 21.5. The van der Waals surface area contributed by atoms with Gasteiger partial charge in [0, 0.05) is 22.7 Å². The number of benzene rings is 4. The van der Waals surface area contributed by atoms with Crippen molar-refractivity contribution in [1.29, 1.82) is 0 Å². The molecule has 0 saturated heterocycles. The van der Waals surface area contributed by atoms with Gasteiger partial charge in [0.1, 0.15) is 0 Å². The lowest BCUT2D eigenvalue weighted by Gasteiger charge is -2.02. The van der Waals surface area contributed by atoms with Crippen molar-refractivity contribution < 1.29 is 0 Å². The van der Waals surface area contributed by atoms with Crippen molar-refractivity contribution in [2.75, 3.05) is 22.9 Å². The second-order valence-corrected chi connectivity index (χ2v) is 7.33. The summed E-state index contributed by atoms with van der Waals surface area (Å²) in [6.07, 6.45) is 5.01. The monoisotopic (exact) mass is 408 g/mol. The molecule has 4 rings (SSSR count). The SMILES string of the molecule is Nc1ccc(/C=C/c2ccc(N)cc2)cc1.Nc1ccc(Cc2ccc(N)cc2)cc1. The molecule has 0 spiro atoms. The lowest BCUT2D eigenvalue weighted by molar-refractivity contribution is 1.19. The Balaban J connectivity index is 0.000000176. The molecule has 0 atom stereocenters. The summed E-state index contributed by atoms with van der Waals surface area (Å²) < 4.78 is 0. The number of rotatable bonds is 4. The Morgan fingerprint density at radius 1 is 0.387 bits per heavy atom. The zero-order valence-corrected chi connectivity index (χ0v) is 17.4. The Labute approximate surface area is 183 Å². The number of nitrogen functional groups attached to an aromatic ring is 4. The van der Waals surface area contributed by atoms with Crippen LogP contribution >= 0.6 is 0 Å². The summed E-state index contributed by atoms with van der Waals surface area (Å²) in [5, 5.41) is 0. The fourth-order valence-electron chi connectivity index (χ4n) is 2.91. The Bertz CT molecular complexity index is 1010. The Kier molecular flexibility index (Phi) is 7.33. The van der Waals surface area contributed by atoms with E-state index in [1.807, 2.05) is 109 Å². The highest BCUT2D eigenvalue weighted by atomic mass is 14.5. The van der Waals surface area contributed by atoms with Crippen molar-refractivity contribution in [3.63, 3.8) is 0 Å². The van der Waals surface area contributed by atoms with Gasteiger partial charge in [0.15, 0.2) is 0 Å². The van der Waals surface area contributed by atoms with E-state index in [1.54, 1.807) is 0 Å². The van der Waals surface area contributed by atoms with E-state index in [1.165, 1.54) is 11.1 Å². The normalized spacial score (nSPS) is 10.5. The average molecular weight is 409 g/mol. The number of nitrogens with two attached hydrogens (primary N) is 4. The summed E-state index contributed by atoms with van der Waals surface area (Å²) in [6.45, 7) is 0. The van der Waals surface area contributed by atoms with Gasteiger partial charge in [-0.05, 0) is 77.2 Å². The molecule has 0 fully saturated rings. The number of hydrogen-bond donors (Lipinski definition) is 4. The molecule has 4 aromatic carbocycles. The maximum atomic E-state index is 5.62. The van der Waals surface area contributed by atoms with Crippen molar-refractivity contribution in [3.05, 3.63) is 119 Å². The Morgan fingerprint density at radius 3 is 0.935 bits per heavy atom. The van der Waals surface area contributed by atoms with Crippen LogP contribution in [0.5, 0.6) is 0 Å². The van der Waals surface area contributed by atoms with Crippen LogP contribution in [0.4, 0.5) is 22.7 Å². The standard InChI is InChI=1S/C14H14N2.C13H14N2/c15-13-7-3-11(4-8-13)1-2-12-5-9-14(16)10-6-12;14-12-5-1-10(2-6-12)9-11-3-7-13(15)8-4-11/h1-10H,15-16H2;1-8H,9,14-15H2/b2-1+;. The molecular weight excluding hydrogens is 380 g/mol. The van der Waals surface area contributed by atoms with Crippen molar-refractivity contribution in [2.45, 2.75) is 6.42 Å². The highest BCUT2D eigenvalue weighted by Crippen LogP contribution is 2.13. The zero-order chi connectivity index (χ0) is 22.1. The van der Waals surface area contributed by atoms with Gasteiger partial charge in [-0.2, -0.15) is 0 Å². The van der Waals surface area contributed by atoms with Crippen LogP contribution in [0.3, 0.4) is 0 Å². The fourth-order valence-corrected chi connectivity index (χ4v) is 2.91. The van der Waals surface area contributed by atoms with Crippen LogP contribution in [0.2, 0.25) is 0 Å². The summed E-state index contributed by atoms with van der Waals surface area (Å²) >= 11 is 0. The van der Waals surface area contributed by atoms with Crippen molar-refractivity contribution >= 4 is 34.9 Å². The molecule has 0 unspecified atom stereocenters. The smallest absolute Gasteiger partial charge is 0.0314 e. The van der Waals surface area contributed by atoms with E-state index in [0.717, 1.165) is 40.3 Å². The first-order valence-electron chi connectivity index (χ1n) is 10.1. The lowest BCUT2D eigenvalue weighted by atomic mass is 10.0.